The molecule has 0 radical (unpaired) electrons. The lowest BCUT2D eigenvalue weighted by Gasteiger charge is -2.22. The molecule has 1 rings (SSSR count). The number of nitrogens with one attached hydrogen (secondary N) is 1. The van der Waals surface area contributed by atoms with Crippen molar-refractivity contribution in [2.45, 2.75) is 39.2 Å². The average molecular weight is 239 g/mol. The minimum absolute atomic E-state index is 0.100. The van der Waals surface area contributed by atoms with E-state index >= 15 is 0 Å². The summed E-state index contributed by atoms with van der Waals surface area (Å²) in [6.45, 7) is 6.92. The number of carbonyl (C=O) groups is 2. The zero-order chi connectivity index (χ0) is 13.2. The van der Waals surface area contributed by atoms with Gasteiger partial charge in [0.2, 0.25) is 0 Å². The highest BCUT2D eigenvalue weighted by atomic mass is 16.6. The van der Waals surface area contributed by atoms with Gasteiger partial charge < -0.3 is 14.8 Å². The molecule has 5 heteroatoms. The van der Waals surface area contributed by atoms with Gasteiger partial charge in [-0.3, -0.25) is 4.79 Å². The summed E-state index contributed by atoms with van der Waals surface area (Å²) in [6, 6.07) is 1.43. The lowest BCUT2D eigenvalue weighted by Crippen LogP contribution is -2.27. The van der Waals surface area contributed by atoms with Gasteiger partial charge >= 0.3 is 11.9 Å². The van der Waals surface area contributed by atoms with Crippen molar-refractivity contribution in [3.8, 4) is 0 Å². The van der Waals surface area contributed by atoms with E-state index in [0.717, 1.165) is 0 Å². The fraction of sp³-hybridized carbons (Fsp3) is 0.500. The summed E-state index contributed by atoms with van der Waals surface area (Å²) < 4.78 is 5.21. The minimum Gasteiger partial charge on any atom is -0.478 e. The summed E-state index contributed by atoms with van der Waals surface area (Å²) in [5.41, 5.74) is -0.114. The van der Waals surface area contributed by atoms with Gasteiger partial charge in [0, 0.05) is 11.9 Å². The van der Waals surface area contributed by atoms with E-state index in [1.807, 2.05) is 0 Å². The number of hydrogen-bond donors (Lipinski definition) is 2. The van der Waals surface area contributed by atoms with E-state index in [2.05, 4.69) is 4.98 Å². The maximum absolute atomic E-state index is 11.8. The molecule has 0 spiro atoms. The maximum Gasteiger partial charge on any atom is 0.337 e. The fourth-order valence-electron chi connectivity index (χ4n) is 1.44. The molecule has 1 aromatic heterocycles. The lowest BCUT2D eigenvalue weighted by atomic mass is 10.0. The number of hydrogen-bond acceptors (Lipinski definition) is 3. The molecule has 1 aromatic rings. The smallest absolute Gasteiger partial charge is 0.337 e. The number of ether oxygens (including phenoxy) is 1. The Morgan fingerprint density at radius 2 is 2.00 bits per heavy atom. The highest BCUT2D eigenvalue weighted by Crippen LogP contribution is 2.22. The zero-order valence-corrected chi connectivity index (χ0v) is 10.4. The molecule has 2 N–H and O–H groups in total. The van der Waals surface area contributed by atoms with Crippen LogP contribution < -0.4 is 0 Å². The second-order valence-electron chi connectivity index (χ2n) is 4.87. The van der Waals surface area contributed by atoms with Crippen LogP contribution in [-0.4, -0.2) is 27.6 Å². The van der Waals surface area contributed by atoms with Crippen LogP contribution in [0.4, 0.5) is 0 Å². The molecule has 94 valence electrons. The van der Waals surface area contributed by atoms with Crippen molar-refractivity contribution in [3.05, 3.63) is 23.5 Å². The predicted molar refractivity (Wildman–Crippen MR) is 62.0 cm³/mol. The van der Waals surface area contributed by atoms with Crippen LogP contribution in [0.15, 0.2) is 12.3 Å². The summed E-state index contributed by atoms with van der Waals surface area (Å²) in [7, 11) is 0. The molecule has 5 nitrogen and oxygen atoms in total. The summed E-state index contributed by atoms with van der Waals surface area (Å²) in [5, 5.41) is 8.95. The van der Waals surface area contributed by atoms with Crippen LogP contribution in [0.25, 0.3) is 0 Å². The van der Waals surface area contributed by atoms with Crippen LogP contribution in [0.5, 0.6) is 0 Å². The normalized spacial score (nSPS) is 13.2. The molecule has 0 fully saturated rings. The van der Waals surface area contributed by atoms with Crippen molar-refractivity contribution in [2.75, 3.05) is 0 Å². The van der Waals surface area contributed by atoms with Crippen LogP contribution in [0.1, 0.15) is 49.7 Å². The quantitative estimate of drug-likeness (QED) is 0.792. The number of aromatic nitrogens is 1. The number of H-pyrrole nitrogens is 1. The van der Waals surface area contributed by atoms with E-state index in [1.54, 1.807) is 27.7 Å². The van der Waals surface area contributed by atoms with Crippen LogP contribution >= 0.6 is 0 Å². The first kappa shape index (κ1) is 13.3. The highest BCUT2D eigenvalue weighted by molar-refractivity contribution is 5.91. The molecule has 0 aliphatic rings. The number of carboxylic acids is 1. The first-order valence-electron chi connectivity index (χ1n) is 5.36. The van der Waals surface area contributed by atoms with Crippen molar-refractivity contribution in [2.24, 2.45) is 0 Å². The number of esters is 1. The summed E-state index contributed by atoms with van der Waals surface area (Å²) in [4.78, 5) is 25.5. The Bertz CT molecular complexity index is 428. The van der Waals surface area contributed by atoms with Gasteiger partial charge in [-0.05, 0) is 33.8 Å². The lowest BCUT2D eigenvalue weighted by molar-refractivity contribution is -0.156. The number of aromatic amines is 1. The van der Waals surface area contributed by atoms with Crippen molar-refractivity contribution in [1.82, 2.24) is 4.98 Å². The maximum atomic E-state index is 11.8. The second-order valence-corrected chi connectivity index (χ2v) is 4.87. The van der Waals surface area contributed by atoms with Gasteiger partial charge in [-0.2, -0.15) is 0 Å². The van der Waals surface area contributed by atoms with E-state index in [9.17, 15) is 9.59 Å². The SMILES string of the molecule is CC(C(=O)OC(C)(C)C)c1[nH]ccc1C(=O)O. The Kier molecular flexibility index (Phi) is 3.60. The van der Waals surface area contributed by atoms with Crippen LogP contribution in [0, 0.1) is 0 Å². The largest absolute Gasteiger partial charge is 0.478 e. The van der Waals surface area contributed by atoms with Crippen LogP contribution in [-0.2, 0) is 9.53 Å². The molecule has 0 aliphatic heterocycles. The number of aromatic carboxylic acids is 1. The Morgan fingerprint density at radius 3 is 2.47 bits per heavy atom. The van der Waals surface area contributed by atoms with Crippen molar-refractivity contribution in [3.63, 3.8) is 0 Å². The number of rotatable bonds is 3. The number of carbonyl (C=O) groups excluding carboxylic acids is 1. The topological polar surface area (TPSA) is 79.4 Å². The van der Waals surface area contributed by atoms with Gasteiger partial charge in [-0.15, -0.1) is 0 Å². The van der Waals surface area contributed by atoms with E-state index in [0.29, 0.717) is 5.69 Å². The third-order valence-corrected chi connectivity index (χ3v) is 2.20. The first-order chi connectivity index (χ1) is 7.72. The Morgan fingerprint density at radius 1 is 1.41 bits per heavy atom. The number of carboxylic acid groups (broad SMARTS) is 1. The highest BCUT2D eigenvalue weighted by Gasteiger charge is 2.27. The monoisotopic (exact) mass is 239 g/mol. The van der Waals surface area contributed by atoms with Crippen molar-refractivity contribution < 1.29 is 19.4 Å². The van der Waals surface area contributed by atoms with E-state index in [1.165, 1.54) is 12.3 Å². The molecule has 0 saturated heterocycles. The van der Waals surface area contributed by atoms with Gasteiger partial charge in [0.15, 0.2) is 0 Å². The van der Waals surface area contributed by atoms with Crippen molar-refractivity contribution in [1.29, 1.82) is 0 Å². The third kappa shape index (κ3) is 3.34. The molecule has 0 aliphatic carbocycles. The molecule has 0 aromatic carbocycles. The minimum atomic E-state index is -1.06. The average Bonchev–Trinajstić information content (AvgIpc) is 2.61. The molecule has 0 bridgehead atoms. The summed E-state index contributed by atoms with van der Waals surface area (Å²) >= 11 is 0. The predicted octanol–water partition coefficient (Wildman–Crippen LogP) is 2.16. The summed E-state index contributed by atoms with van der Waals surface area (Å²) in [6.07, 6.45) is 1.50. The van der Waals surface area contributed by atoms with Gasteiger partial charge in [0.1, 0.15) is 5.60 Å². The van der Waals surface area contributed by atoms with Crippen LogP contribution in [0.2, 0.25) is 0 Å². The second kappa shape index (κ2) is 4.61. The first-order valence-corrected chi connectivity index (χ1v) is 5.36. The molecular formula is C12H17NO4. The standard InChI is InChI=1S/C12H17NO4/c1-7(11(16)17-12(2,3)4)9-8(10(14)15)5-6-13-9/h5-7,13H,1-4H3,(H,14,15). The molecule has 1 heterocycles. The van der Waals surface area contributed by atoms with Gasteiger partial charge in [0.25, 0.3) is 0 Å². The Hall–Kier alpha value is -1.78. The zero-order valence-electron chi connectivity index (χ0n) is 10.4. The Labute approximate surface area is 99.8 Å². The van der Waals surface area contributed by atoms with Crippen molar-refractivity contribution >= 4 is 11.9 Å². The Balaban J connectivity index is 2.89. The van der Waals surface area contributed by atoms with E-state index < -0.39 is 23.5 Å². The molecule has 0 saturated carbocycles. The third-order valence-electron chi connectivity index (χ3n) is 2.20. The fourth-order valence-corrected chi connectivity index (χ4v) is 1.44. The van der Waals surface area contributed by atoms with Gasteiger partial charge in [0.05, 0.1) is 11.5 Å². The van der Waals surface area contributed by atoms with E-state index in [4.69, 9.17) is 9.84 Å². The molecule has 0 amide bonds. The van der Waals surface area contributed by atoms with E-state index in [-0.39, 0.29) is 5.56 Å². The van der Waals surface area contributed by atoms with Gasteiger partial charge in [-0.1, -0.05) is 0 Å². The van der Waals surface area contributed by atoms with Gasteiger partial charge in [-0.25, -0.2) is 4.79 Å². The van der Waals surface area contributed by atoms with Crippen LogP contribution in [0.3, 0.4) is 0 Å². The molecular weight excluding hydrogens is 222 g/mol. The molecule has 1 unspecified atom stereocenters. The summed E-state index contributed by atoms with van der Waals surface area (Å²) in [5.74, 6) is -2.13. The molecule has 1 atom stereocenters. The molecule has 17 heavy (non-hydrogen) atoms.